The fraction of sp³-hybridized carbons (Fsp3) is 0.267. The Balaban J connectivity index is 2.02. The Hall–Kier alpha value is -1.48. The molecule has 1 heterocycles. The van der Waals surface area contributed by atoms with Crippen LogP contribution in [0.25, 0.3) is 0 Å². The van der Waals surface area contributed by atoms with Gasteiger partial charge in [-0.3, -0.25) is 0 Å². The molecular formula is C15H18N2S. The Morgan fingerprint density at radius 3 is 2.83 bits per heavy atom. The van der Waals surface area contributed by atoms with Gasteiger partial charge in [-0.1, -0.05) is 24.3 Å². The summed E-state index contributed by atoms with van der Waals surface area (Å²) in [5.74, 6) is 1.95. The predicted molar refractivity (Wildman–Crippen MR) is 79.1 cm³/mol. The number of hydrogen-bond donors (Lipinski definition) is 1. The smallest absolute Gasteiger partial charge is 0.126 e. The molecule has 0 atom stereocenters. The fourth-order valence-electron chi connectivity index (χ4n) is 1.71. The van der Waals surface area contributed by atoms with Crippen molar-refractivity contribution < 1.29 is 0 Å². The van der Waals surface area contributed by atoms with Gasteiger partial charge in [-0.15, -0.1) is 11.8 Å². The molecule has 0 amide bonds. The zero-order valence-corrected chi connectivity index (χ0v) is 11.6. The van der Waals surface area contributed by atoms with Crippen molar-refractivity contribution in [2.24, 2.45) is 0 Å². The third-order valence-corrected chi connectivity index (χ3v) is 3.79. The molecule has 3 heteroatoms. The summed E-state index contributed by atoms with van der Waals surface area (Å²) in [5, 5.41) is 3.23. The molecule has 1 aromatic heterocycles. The van der Waals surface area contributed by atoms with Gasteiger partial charge in [0.05, 0.1) is 0 Å². The first-order chi connectivity index (χ1) is 8.79. The van der Waals surface area contributed by atoms with Crippen molar-refractivity contribution in [1.82, 2.24) is 4.98 Å². The monoisotopic (exact) mass is 258 g/mol. The van der Waals surface area contributed by atoms with Crippen LogP contribution in [0, 0.1) is 6.92 Å². The maximum absolute atomic E-state index is 4.28. The number of nitrogens with one attached hydrogen (secondary N) is 1. The maximum atomic E-state index is 4.28. The van der Waals surface area contributed by atoms with E-state index in [1.807, 2.05) is 18.0 Å². The summed E-state index contributed by atoms with van der Waals surface area (Å²) in [6.07, 6.45) is 1.86. The molecule has 1 aromatic carbocycles. The van der Waals surface area contributed by atoms with Gasteiger partial charge in [0.1, 0.15) is 5.82 Å². The average Bonchev–Trinajstić information content (AvgIpc) is 2.39. The lowest BCUT2D eigenvalue weighted by molar-refractivity contribution is 1.14. The SMILES string of the molecule is CCNc1cc(SCc2ccccc2C)ccn1. The molecule has 1 N–H and O–H groups in total. The largest absolute Gasteiger partial charge is 0.370 e. The van der Waals surface area contributed by atoms with Crippen molar-refractivity contribution in [3.05, 3.63) is 53.7 Å². The third kappa shape index (κ3) is 3.50. The highest BCUT2D eigenvalue weighted by Crippen LogP contribution is 2.25. The van der Waals surface area contributed by atoms with E-state index in [4.69, 9.17) is 0 Å². The first kappa shape index (κ1) is 13.0. The maximum Gasteiger partial charge on any atom is 0.126 e. The van der Waals surface area contributed by atoms with E-state index in [1.54, 1.807) is 0 Å². The topological polar surface area (TPSA) is 24.9 Å². The summed E-state index contributed by atoms with van der Waals surface area (Å²) in [7, 11) is 0. The van der Waals surface area contributed by atoms with E-state index < -0.39 is 0 Å². The van der Waals surface area contributed by atoms with Gasteiger partial charge in [-0.25, -0.2) is 4.98 Å². The molecule has 0 spiro atoms. The first-order valence-electron chi connectivity index (χ1n) is 6.17. The number of nitrogens with zero attached hydrogens (tertiary/aromatic N) is 1. The normalized spacial score (nSPS) is 10.3. The molecule has 0 bridgehead atoms. The Bertz CT molecular complexity index is 511. The van der Waals surface area contributed by atoms with Crippen LogP contribution in [0.3, 0.4) is 0 Å². The van der Waals surface area contributed by atoms with Crippen molar-refractivity contribution in [3.63, 3.8) is 0 Å². The van der Waals surface area contributed by atoms with E-state index in [0.717, 1.165) is 18.1 Å². The van der Waals surface area contributed by atoms with Crippen LogP contribution < -0.4 is 5.32 Å². The molecule has 0 aliphatic rings. The lowest BCUT2D eigenvalue weighted by atomic mass is 10.1. The van der Waals surface area contributed by atoms with Crippen LogP contribution in [-0.4, -0.2) is 11.5 Å². The molecule has 94 valence electrons. The lowest BCUT2D eigenvalue weighted by Crippen LogP contribution is -1.98. The zero-order valence-electron chi connectivity index (χ0n) is 10.8. The van der Waals surface area contributed by atoms with Crippen LogP contribution in [-0.2, 0) is 5.75 Å². The van der Waals surface area contributed by atoms with Gasteiger partial charge < -0.3 is 5.32 Å². The second-order valence-electron chi connectivity index (χ2n) is 4.12. The van der Waals surface area contributed by atoms with Crippen LogP contribution in [0.15, 0.2) is 47.5 Å². The van der Waals surface area contributed by atoms with Gasteiger partial charge in [0.2, 0.25) is 0 Å². The summed E-state index contributed by atoms with van der Waals surface area (Å²) in [6, 6.07) is 12.7. The summed E-state index contributed by atoms with van der Waals surface area (Å²) in [4.78, 5) is 5.53. The van der Waals surface area contributed by atoms with E-state index in [2.05, 4.69) is 60.5 Å². The van der Waals surface area contributed by atoms with Crippen LogP contribution in [0.5, 0.6) is 0 Å². The average molecular weight is 258 g/mol. The molecule has 0 aliphatic heterocycles. The van der Waals surface area contributed by atoms with Gasteiger partial charge in [-0.05, 0) is 37.1 Å². The number of aryl methyl sites for hydroxylation is 1. The Morgan fingerprint density at radius 1 is 1.22 bits per heavy atom. The van der Waals surface area contributed by atoms with Crippen LogP contribution >= 0.6 is 11.8 Å². The lowest BCUT2D eigenvalue weighted by Gasteiger charge is -2.07. The molecule has 0 radical (unpaired) electrons. The van der Waals surface area contributed by atoms with Crippen molar-refractivity contribution in [2.75, 3.05) is 11.9 Å². The second kappa shape index (κ2) is 6.45. The van der Waals surface area contributed by atoms with Crippen LogP contribution in [0.1, 0.15) is 18.1 Å². The molecule has 2 nitrogen and oxygen atoms in total. The summed E-state index contributed by atoms with van der Waals surface area (Å²) < 4.78 is 0. The van der Waals surface area contributed by atoms with Crippen molar-refractivity contribution in [2.45, 2.75) is 24.5 Å². The van der Waals surface area contributed by atoms with E-state index in [-0.39, 0.29) is 0 Å². The zero-order chi connectivity index (χ0) is 12.8. The predicted octanol–water partition coefficient (Wildman–Crippen LogP) is 4.11. The van der Waals surface area contributed by atoms with E-state index in [0.29, 0.717) is 0 Å². The summed E-state index contributed by atoms with van der Waals surface area (Å²) >= 11 is 1.85. The highest BCUT2D eigenvalue weighted by Gasteiger charge is 2.00. The highest BCUT2D eigenvalue weighted by molar-refractivity contribution is 7.98. The molecule has 18 heavy (non-hydrogen) atoms. The minimum Gasteiger partial charge on any atom is -0.370 e. The number of rotatable bonds is 5. The van der Waals surface area contributed by atoms with E-state index in [9.17, 15) is 0 Å². The van der Waals surface area contributed by atoms with Crippen molar-refractivity contribution >= 4 is 17.6 Å². The Kier molecular flexibility index (Phi) is 4.65. The van der Waals surface area contributed by atoms with Crippen molar-refractivity contribution in [1.29, 1.82) is 0 Å². The highest BCUT2D eigenvalue weighted by atomic mass is 32.2. The minimum atomic E-state index is 0.902. The van der Waals surface area contributed by atoms with E-state index in [1.165, 1.54) is 16.0 Å². The molecular weight excluding hydrogens is 240 g/mol. The molecule has 0 fully saturated rings. The summed E-state index contributed by atoms with van der Waals surface area (Å²) in [6.45, 7) is 5.14. The van der Waals surface area contributed by atoms with Crippen molar-refractivity contribution in [3.8, 4) is 0 Å². The van der Waals surface area contributed by atoms with Crippen LogP contribution in [0.4, 0.5) is 5.82 Å². The molecule has 2 aromatic rings. The van der Waals surface area contributed by atoms with Gasteiger partial charge in [0.15, 0.2) is 0 Å². The number of benzene rings is 1. The molecule has 0 saturated carbocycles. The Morgan fingerprint density at radius 2 is 2.06 bits per heavy atom. The molecule has 0 aliphatic carbocycles. The Labute approximate surface area is 113 Å². The van der Waals surface area contributed by atoms with Crippen LogP contribution in [0.2, 0.25) is 0 Å². The quantitative estimate of drug-likeness (QED) is 0.817. The third-order valence-electron chi connectivity index (χ3n) is 2.74. The molecule has 0 saturated heterocycles. The number of anilines is 1. The van der Waals surface area contributed by atoms with Gasteiger partial charge in [0, 0.05) is 23.4 Å². The number of aromatic nitrogens is 1. The van der Waals surface area contributed by atoms with E-state index >= 15 is 0 Å². The number of thioether (sulfide) groups is 1. The first-order valence-corrected chi connectivity index (χ1v) is 7.15. The number of pyridine rings is 1. The number of hydrogen-bond acceptors (Lipinski definition) is 3. The molecule has 0 unspecified atom stereocenters. The molecule has 2 rings (SSSR count). The fourth-order valence-corrected chi connectivity index (χ4v) is 2.71. The van der Waals surface area contributed by atoms with Gasteiger partial charge >= 0.3 is 0 Å². The second-order valence-corrected chi connectivity index (χ2v) is 5.17. The minimum absolute atomic E-state index is 0.902. The summed E-state index contributed by atoms with van der Waals surface area (Å²) in [5.41, 5.74) is 2.75. The van der Waals surface area contributed by atoms with Gasteiger partial charge in [-0.2, -0.15) is 0 Å². The standard InChI is InChI=1S/C15H18N2S/c1-3-16-15-10-14(8-9-17-15)18-11-13-7-5-4-6-12(13)2/h4-10H,3,11H2,1-2H3,(H,16,17). The van der Waals surface area contributed by atoms with Gasteiger partial charge in [0.25, 0.3) is 0 Å².